The van der Waals surface area contributed by atoms with Crippen molar-refractivity contribution in [1.29, 1.82) is 0 Å². The highest BCUT2D eigenvalue weighted by Gasteiger charge is 2.07. The van der Waals surface area contributed by atoms with Gasteiger partial charge in [0, 0.05) is 12.6 Å². The predicted octanol–water partition coefficient (Wildman–Crippen LogP) is 3.09. The normalized spacial score (nSPS) is 10.9. The monoisotopic (exact) mass is 292 g/mol. The molecule has 1 N–H and O–H groups in total. The van der Waals surface area contributed by atoms with Crippen LogP contribution in [-0.4, -0.2) is 32.1 Å². The third-order valence-corrected chi connectivity index (χ3v) is 2.72. The molecule has 0 aromatic heterocycles. The van der Waals surface area contributed by atoms with Crippen LogP contribution in [0.5, 0.6) is 0 Å². The summed E-state index contributed by atoms with van der Waals surface area (Å²) in [6.07, 6.45) is 0.904. The minimum atomic E-state index is -0.587. The Balaban J connectivity index is 2.51. The maximum Gasteiger partial charge on any atom is 0.149 e. The first-order valence-electron chi connectivity index (χ1n) is 5.04. The summed E-state index contributed by atoms with van der Waals surface area (Å²) >= 11 is 3.02. The zero-order valence-corrected chi connectivity index (χ0v) is 10.9. The number of nitrogens with zero attached hydrogens (tertiary/aromatic N) is 1. The number of halogens is 3. The molecule has 0 heterocycles. The van der Waals surface area contributed by atoms with Gasteiger partial charge in [0.2, 0.25) is 0 Å². The molecule has 0 saturated carbocycles. The van der Waals surface area contributed by atoms with Gasteiger partial charge in [-0.15, -0.1) is 0 Å². The highest BCUT2D eigenvalue weighted by atomic mass is 79.9. The average Bonchev–Trinajstić information content (AvgIpc) is 2.19. The Morgan fingerprint density at radius 1 is 1.25 bits per heavy atom. The lowest BCUT2D eigenvalue weighted by Gasteiger charge is -2.11. The first-order valence-corrected chi connectivity index (χ1v) is 5.83. The van der Waals surface area contributed by atoms with Crippen molar-refractivity contribution in [2.24, 2.45) is 0 Å². The van der Waals surface area contributed by atoms with Crippen molar-refractivity contribution in [2.45, 2.75) is 6.42 Å². The molecule has 90 valence electrons. The molecule has 0 unspecified atom stereocenters. The van der Waals surface area contributed by atoms with Gasteiger partial charge in [0.05, 0.1) is 10.2 Å². The first-order chi connectivity index (χ1) is 7.50. The zero-order chi connectivity index (χ0) is 12.1. The van der Waals surface area contributed by atoms with Crippen molar-refractivity contribution in [2.75, 3.05) is 32.5 Å². The Labute approximate surface area is 103 Å². The summed E-state index contributed by atoms with van der Waals surface area (Å²) < 4.78 is 26.5. The molecule has 0 saturated heterocycles. The van der Waals surface area contributed by atoms with Crippen LogP contribution in [-0.2, 0) is 0 Å². The molecule has 0 bridgehead atoms. The molecule has 5 heteroatoms. The minimum absolute atomic E-state index is 0.268. The number of nitrogens with one attached hydrogen (secondary N) is 1. The summed E-state index contributed by atoms with van der Waals surface area (Å²) in [5.74, 6) is -1.15. The summed E-state index contributed by atoms with van der Waals surface area (Å²) in [5, 5.41) is 2.94. The number of benzene rings is 1. The number of rotatable bonds is 5. The Morgan fingerprint density at radius 3 is 2.56 bits per heavy atom. The molecule has 16 heavy (non-hydrogen) atoms. The van der Waals surface area contributed by atoms with Crippen LogP contribution in [0, 0.1) is 11.6 Å². The van der Waals surface area contributed by atoms with Crippen LogP contribution in [0.1, 0.15) is 6.42 Å². The number of hydrogen-bond acceptors (Lipinski definition) is 2. The van der Waals surface area contributed by atoms with Crippen LogP contribution in [0.4, 0.5) is 14.5 Å². The van der Waals surface area contributed by atoms with E-state index in [1.165, 1.54) is 6.07 Å². The van der Waals surface area contributed by atoms with Crippen LogP contribution in [0.3, 0.4) is 0 Å². The van der Waals surface area contributed by atoms with Crippen LogP contribution < -0.4 is 5.32 Å². The first kappa shape index (κ1) is 13.4. The van der Waals surface area contributed by atoms with E-state index in [2.05, 4.69) is 26.1 Å². The van der Waals surface area contributed by atoms with Gasteiger partial charge in [-0.25, -0.2) is 8.78 Å². The van der Waals surface area contributed by atoms with E-state index in [9.17, 15) is 8.78 Å². The van der Waals surface area contributed by atoms with Crippen LogP contribution in [0.2, 0.25) is 0 Å². The van der Waals surface area contributed by atoms with E-state index >= 15 is 0 Å². The van der Waals surface area contributed by atoms with Crippen molar-refractivity contribution >= 4 is 21.6 Å². The lowest BCUT2D eigenvalue weighted by Crippen LogP contribution is -2.16. The second-order valence-electron chi connectivity index (χ2n) is 3.83. The predicted molar refractivity (Wildman–Crippen MR) is 65.7 cm³/mol. The van der Waals surface area contributed by atoms with Crippen LogP contribution >= 0.6 is 15.9 Å². The highest BCUT2D eigenvalue weighted by molar-refractivity contribution is 9.10. The van der Waals surface area contributed by atoms with Gasteiger partial charge in [-0.3, -0.25) is 0 Å². The van der Waals surface area contributed by atoms with Gasteiger partial charge in [-0.05, 0) is 49.1 Å². The van der Waals surface area contributed by atoms with Gasteiger partial charge in [-0.2, -0.15) is 0 Å². The minimum Gasteiger partial charge on any atom is -0.383 e. The fourth-order valence-corrected chi connectivity index (χ4v) is 1.62. The van der Waals surface area contributed by atoms with E-state index in [1.54, 1.807) is 0 Å². The average molecular weight is 293 g/mol. The maximum atomic E-state index is 13.3. The molecule has 0 atom stereocenters. The van der Waals surface area contributed by atoms with E-state index in [4.69, 9.17) is 0 Å². The summed E-state index contributed by atoms with van der Waals surface area (Å²) in [6, 6.07) is 2.29. The largest absolute Gasteiger partial charge is 0.383 e. The summed E-state index contributed by atoms with van der Waals surface area (Å²) in [5.41, 5.74) is 0.326. The Kier molecular flexibility index (Phi) is 5.15. The molecule has 0 amide bonds. The van der Waals surface area contributed by atoms with Crippen molar-refractivity contribution in [1.82, 2.24) is 4.90 Å². The fraction of sp³-hybridized carbons (Fsp3) is 0.455. The molecule has 0 aliphatic heterocycles. The summed E-state index contributed by atoms with van der Waals surface area (Å²) in [6.45, 7) is 1.59. The third kappa shape index (κ3) is 4.06. The summed E-state index contributed by atoms with van der Waals surface area (Å²) in [4.78, 5) is 2.05. The molecule has 0 aliphatic rings. The van der Waals surface area contributed by atoms with Crippen molar-refractivity contribution in [3.8, 4) is 0 Å². The van der Waals surface area contributed by atoms with Gasteiger partial charge >= 0.3 is 0 Å². The molecule has 0 fully saturated rings. The molecule has 0 spiro atoms. The van der Waals surface area contributed by atoms with Gasteiger partial charge < -0.3 is 10.2 Å². The molecule has 2 nitrogen and oxygen atoms in total. The number of anilines is 1. The fourth-order valence-electron chi connectivity index (χ4n) is 1.28. The molecule has 1 rings (SSSR count). The van der Waals surface area contributed by atoms with Crippen LogP contribution in [0.25, 0.3) is 0 Å². The van der Waals surface area contributed by atoms with Crippen molar-refractivity contribution in [3.63, 3.8) is 0 Å². The smallest absolute Gasteiger partial charge is 0.149 e. The van der Waals surface area contributed by atoms with Gasteiger partial charge in [0.1, 0.15) is 11.6 Å². The molecule has 1 aromatic carbocycles. The Hall–Kier alpha value is -0.680. The lowest BCUT2D eigenvalue weighted by molar-refractivity contribution is 0.405. The van der Waals surface area contributed by atoms with Gasteiger partial charge in [0.15, 0.2) is 0 Å². The van der Waals surface area contributed by atoms with Gasteiger partial charge in [0.25, 0.3) is 0 Å². The lowest BCUT2D eigenvalue weighted by atomic mass is 10.3. The molecule has 1 aromatic rings. The second kappa shape index (κ2) is 6.15. The topological polar surface area (TPSA) is 15.3 Å². The van der Waals surface area contributed by atoms with E-state index in [0.717, 1.165) is 19.0 Å². The standard InChI is InChI=1S/C11H15BrF2N2/c1-16(2)5-3-4-15-11-6-8(12)9(13)7-10(11)14/h6-7,15H,3-5H2,1-2H3. The SMILES string of the molecule is CN(C)CCCNc1cc(Br)c(F)cc1F. The van der Waals surface area contributed by atoms with E-state index in [0.29, 0.717) is 12.2 Å². The number of hydrogen-bond donors (Lipinski definition) is 1. The molecule has 0 aliphatic carbocycles. The second-order valence-corrected chi connectivity index (χ2v) is 4.68. The van der Waals surface area contributed by atoms with Crippen molar-refractivity contribution in [3.05, 3.63) is 28.2 Å². The molecular formula is C11H15BrF2N2. The van der Waals surface area contributed by atoms with Gasteiger partial charge in [-0.1, -0.05) is 0 Å². The molecule has 0 radical (unpaired) electrons. The zero-order valence-electron chi connectivity index (χ0n) is 9.36. The van der Waals surface area contributed by atoms with E-state index in [1.807, 2.05) is 14.1 Å². The Bertz CT molecular complexity index is 356. The molecular weight excluding hydrogens is 278 g/mol. The van der Waals surface area contributed by atoms with E-state index < -0.39 is 11.6 Å². The highest BCUT2D eigenvalue weighted by Crippen LogP contribution is 2.23. The summed E-state index contributed by atoms with van der Waals surface area (Å²) in [7, 11) is 3.96. The third-order valence-electron chi connectivity index (χ3n) is 2.11. The quantitative estimate of drug-likeness (QED) is 0.663. The Morgan fingerprint density at radius 2 is 1.94 bits per heavy atom. The van der Waals surface area contributed by atoms with E-state index in [-0.39, 0.29) is 4.47 Å². The maximum absolute atomic E-state index is 13.3. The van der Waals surface area contributed by atoms with Crippen molar-refractivity contribution < 1.29 is 8.78 Å². The van der Waals surface area contributed by atoms with Crippen LogP contribution in [0.15, 0.2) is 16.6 Å².